The van der Waals surface area contributed by atoms with Gasteiger partial charge in [-0.2, -0.15) is 0 Å². The van der Waals surface area contributed by atoms with Gasteiger partial charge in [-0.1, -0.05) is 97.4 Å². The summed E-state index contributed by atoms with van der Waals surface area (Å²) in [6.07, 6.45) is 0. The van der Waals surface area contributed by atoms with Crippen molar-refractivity contribution in [2.75, 3.05) is 0 Å². The molecule has 0 aliphatic heterocycles. The Morgan fingerprint density at radius 1 is 0.784 bits per heavy atom. The molecule has 0 radical (unpaired) electrons. The molecule has 0 spiro atoms. The van der Waals surface area contributed by atoms with Gasteiger partial charge in [-0.15, -0.1) is 60.7 Å². The van der Waals surface area contributed by atoms with Gasteiger partial charge in [0, 0.05) is 0 Å². The summed E-state index contributed by atoms with van der Waals surface area (Å²) in [6.45, 7) is 12.6. The molecule has 0 saturated carbocycles. The van der Waals surface area contributed by atoms with Gasteiger partial charge in [0.15, 0.2) is 0 Å². The SMILES string of the molecule is C[C](C)=[Ti+].Cc1cc(O)cc(C(C)(C)C)c1.Cl.Cl.c1ccc(-[c-]2cccc3c4ccccc4cc2-3)cc1. The van der Waals surface area contributed by atoms with Gasteiger partial charge in [-0.05, 0) is 41.0 Å². The van der Waals surface area contributed by atoms with Gasteiger partial charge in [0.25, 0.3) is 0 Å². The molecule has 2 aliphatic rings. The monoisotopic (exact) mass is 567 g/mol. The predicted molar refractivity (Wildman–Crippen MR) is 164 cm³/mol. The normalized spacial score (nSPS) is 10.3. The largest absolute Gasteiger partial charge is 0.508 e. The van der Waals surface area contributed by atoms with E-state index in [1.165, 1.54) is 42.4 Å². The molecule has 0 atom stereocenters. The summed E-state index contributed by atoms with van der Waals surface area (Å²) in [6, 6.07) is 33.8. The minimum atomic E-state index is 0. The zero-order chi connectivity index (χ0) is 25.6. The maximum absolute atomic E-state index is 9.36. The average molecular weight is 568 g/mol. The van der Waals surface area contributed by atoms with Crippen LogP contribution in [-0.2, 0) is 25.4 Å². The van der Waals surface area contributed by atoms with E-state index in [1.807, 2.05) is 13.0 Å². The third-order valence-corrected chi connectivity index (χ3v) is 5.67. The van der Waals surface area contributed by atoms with E-state index in [0.717, 1.165) is 5.56 Å². The Bertz CT molecular complexity index is 1360. The Morgan fingerprint density at radius 2 is 1.38 bits per heavy atom. The van der Waals surface area contributed by atoms with Crippen molar-refractivity contribution < 1.29 is 25.1 Å². The Labute approximate surface area is 246 Å². The molecule has 4 heteroatoms. The maximum atomic E-state index is 9.36. The number of phenolic OH excluding ortho intramolecular Hbond substituents is 1. The predicted octanol–water partition coefficient (Wildman–Crippen LogP) is 9.92. The van der Waals surface area contributed by atoms with Crippen molar-refractivity contribution in [2.45, 2.75) is 47.0 Å². The Hall–Kier alpha value is -2.29. The van der Waals surface area contributed by atoms with Crippen LogP contribution in [0.3, 0.4) is 0 Å². The first-order chi connectivity index (χ1) is 16.6. The second-order valence-corrected chi connectivity index (χ2v) is 11.7. The number of hydrogen-bond acceptors (Lipinski definition) is 1. The van der Waals surface area contributed by atoms with Crippen molar-refractivity contribution in [1.29, 1.82) is 0 Å². The molecule has 3 aromatic rings. The summed E-state index contributed by atoms with van der Waals surface area (Å²) in [5.74, 6) is 0.361. The number of halogens is 2. The molecule has 0 heterocycles. The zero-order valence-electron chi connectivity index (χ0n) is 22.5. The van der Waals surface area contributed by atoms with Gasteiger partial charge in [0.05, 0.1) is 0 Å². The van der Waals surface area contributed by atoms with Crippen molar-refractivity contribution in [1.82, 2.24) is 0 Å². The average Bonchev–Trinajstić information content (AvgIpc) is 3.17. The second kappa shape index (κ2) is 14.6. The third-order valence-electron chi connectivity index (χ3n) is 5.67. The number of benzene rings is 4. The van der Waals surface area contributed by atoms with E-state index in [-0.39, 0.29) is 30.2 Å². The Balaban J connectivity index is 0.000000332. The standard InChI is InChI=1S/C19H13.C11H16O.C3H6.2ClH.Ti/c1-2-7-14(8-3-1)16-11-6-12-18-17-10-5-4-9-15(17)13-19(16)18;1-8-5-9(11(2,3)4)7-10(12)6-8;1-3-2;;;/h1-13H;5-7,12H,1-4H3;1-2H3;2*1H;/q-1;;;;;+1. The van der Waals surface area contributed by atoms with Crippen molar-refractivity contribution in [3.63, 3.8) is 0 Å². The summed E-state index contributed by atoms with van der Waals surface area (Å²) in [7, 11) is 0. The van der Waals surface area contributed by atoms with E-state index in [2.05, 4.69) is 140 Å². The number of aromatic hydroxyl groups is 1. The molecule has 0 bridgehead atoms. The van der Waals surface area contributed by atoms with Gasteiger partial charge in [0.1, 0.15) is 5.75 Å². The fourth-order valence-electron chi connectivity index (χ4n) is 4.04. The topological polar surface area (TPSA) is 20.2 Å². The number of fused-ring (bicyclic) bond motifs is 3. The van der Waals surface area contributed by atoms with E-state index >= 15 is 0 Å². The van der Waals surface area contributed by atoms with E-state index in [9.17, 15) is 5.11 Å². The van der Waals surface area contributed by atoms with Crippen LogP contribution in [0.2, 0.25) is 0 Å². The van der Waals surface area contributed by atoms with Gasteiger partial charge in [-0.25, -0.2) is 0 Å². The molecule has 2 aliphatic carbocycles. The summed E-state index contributed by atoms with van der Waals surface area (Å²) >= 11 is 2.08. The molecule has 0 aromatic heterocycles. The minimum Gasteiger partial charge on any atom is -0.508 e. The van der Waals surface area contributed by atoms with E-state index < -0.39 is 0 Å². The van der Waals surface area contributed by atoms with Crippen LogP contribution in [0.15, 0.2) is 97.1 Å². The van der Waals surface area contributed by atoms with E-state index in [1.54, 1.807) is 6.07 Å². The number of aryl methyl sites for hydroxylation is 1. The fraction of sp³-hybridized carbons (Fsp3) is 0.212. The molecule has 0 saturated heterocycles. The fourth-order valence-corrected chi connectivity index (χ4v) is 4.04. The molecule has 3 aromatic carbocycles. The summed E-state index contributed by atoms with van der Waals surface area (Å²) in [4.78, 5) is 0. The molecular weight excluding hydrogens is 531 g/mol. The van der Waals surface area contributed by atoms with E-state index in [0.29, 0.717) is 5.75 Å². The Morgan fingerprint density at radius 3 is 1.97 bits per heavy atom. The van der Waals surface area contributed by atoms with Crippen LogP contribution >= 0.6 is 24.8 Å². The number of rotatable bonds is 1. The quantitative estimate of drug-likeness (QED) is 0.158. The summed E-state index contributed by atoms with van der Waals surface area (Å²) in [5.41, 5.74) is 7.69. The van der Waals surface area contributed by atoms with Crippen LogP contribution in [-0.4, -0.2) is 8.92 Å². The molecule has 1 N–H and O–H groups in total. The smallest absolute Gasteiger partial charge is 0.116 e. The third kappa shape index (κ3) is 9.20. The van der Waals surface area contributed by atoms with Crippen LogP contribution in [0.25, 0.3) is 33.0 Å². The van der Waals surface area contributed by atoms with Gasteiger partial charge < -0.3 is 5.11 Å². The molecule has 37 heavy (non-hydrogen) atoms. The van der Waals surface area contributed by atoms with Crippen LogP contribution in [0.4, 0.5) is 0 Å². The number of phenols is 1. The second-order valence-electron chi connectivity index (χ2n) is 10.2. The number of hydrogen-bond donors (Lipinski definition) is 1. The van der Waals surface area contributed by atoms with Gasteiger partial charge >= 0.3 is 37.6 Å². The first kappa shape index (κ1) is 32.7. The van der Waals surface area contributed by atoms with Crippen molar-refractivity contribution in [3.05, 3.63) is 108 Å². The van der Waals surface area contributed by atoms with E-state index in [4.69, 9.17) is 0 Å². The molecule has 0 amide bonds. The van der Waals surface area contributed by atoms with Crippen LogP contribution < -0.4 is 0 Å². The van der Waals surface area contributed by atoms with Gasteiger partial charge in [-0.3, -0.25) is 0 Å². The molecular formula is C33H37Cl2OTi. The van der Waals surface area contributed by atoms with Crippen LogP contribution in [0.1, 0.15) is 45.7 Å². The minimum absolute atomic E-state index is 0. The summed E-state index contributed by atoms with van der Waals surface area (Å²) in [5, 5.41) is 12.0. The van der Waals surface area contributed by atoms with Crippen molar-refractivity contribution in [2.24, 2.45) is 0 Å². The van der Waals surface area contributed by atoms with Crippen LogP contribution in [0, 0.1) is 6.92 Å². The molecule has 5 rings (SSSR count). The summed E-state index contributed by atoms with van der Waals surface area (Å²) < 4.78 is 1.42. The van der Waals surface area contributed by atoms with Gasteiger partial charge in [0.2, 0.25) is 0 Å². The molecule has 193 valence electrons. The maximum Gasteiger partial charge on any atom is 0.116 e. The van der Waals surface area contributed by atoms with Crippen molar-refractivity contribution >= 4 is 39.4 Å². The first-order valence-electron chi connectivity index (χ1n) is 12.0. The van der Waals surface area contributed by atoms with Crippen LogP contribution in [0.5, 0.6) is 5.75 Å². The Kier molecular flexibility index (Phi) is 12.9. The van der Waals surface area contributed by atoms with Crippen molar-refractivity contribution in [3.8, 4) is 28.0 Å². The molecule has 0 unspecified atom stereocenters. The molecule has 1 nitrogen and oxygen atoms in total. The first-order valence-corrected chi connectivity index (χ1v) is 12.8. The molecule has 0 fully saturated rings. The zero-order valence-corrected chi connectivity index (χ0v) is 25.7.